The molecule has 0 spiro atoms. The zero-order valence-corrected chi connectivity index (χ0v) is 30.1. The van der Waals surface area contributed by atoms with Crippen molar-refractivity contribution in [3.8, 4) is 28.2 Å². The molecule has 0 bridgehead atoms. The lowest BCUT2D eigenvalue weighted by molar-refractivity contribution is 0.411. The second-order valence-electron chi connectivity index (χ2n) is 15.3. The molecule has 0 radical (unpaired) electrons. The Balaban J connectivity index is 1.33. The van der Waals surface area contributed by atoms with Crippen LogP contribution in [0.2, 0.25) is 0 Å². The quantitative estimate of drug-likeness (QED) is 0.182. The Hall–Kier alpha value is -5.75. The van der Waals surface area contributed by atoms with Crippen LogP contribution in [-0.4, -0.2) is 19.5 Å². The molecule has 5 aromatic carbocycles. The minimum absolute atomic E-state index is 0.213. The molecule has 0 aliphatic rings. The normalized spacial score (nSPS) is 12.6. The minimum Gasteiger partial charge on any atom is -0.454 e. The van der Waals surface area contributed by atoms with Crippen LogP contribution < -0.4 is 0 Å². The average Bonchev–Trinajstić information content (AvgIpc) is 3.84. The molecule has 4 heterocycles. The second-order valence-corrected chi connectivity index (χ2v) is 15.3. The number of rotatable bonds is 5. The predicted molar refractivity (Wildman–Crippen MR) is 209 cm³/mol. The highest BCUT2D eigenvalue weighted by Gasteiger charge is 2.26. The first-order valence-electron chi connectivity index (χ1n) is 17.8. The van der Waals surface area contributed by atoms with Gasteiger partial charge in [-0.15, -0.1) is 0 Å². The van der Waals surface area contributed by atoms with Crippen LogP contribution in [0.15, 0.2) is 112 Å². The number of furan rings is 1. The van der Waals surface area contributed by atoms with Gasteiger partial charge in [0.25, 0.3) is 0 Å². The Kier molecular flexibility index (Phi) is 6.98. The zero-order valence-electron chi connectivity index (χ0n) is 30.1. The van der Waals surface area contributed by atoms with E-state index in [-0.39, 0.29) is 17.3 Å². The lowest BCUT2D eigenvalue weighted by atomic mass is 9.88. The summed E-state index contributed by atoms with van der Waals surface area (Å²) < 4.78 is 15.4. The van der Waals surface area contributed by atoms with Crippen molar-refractivity contribution in [1.29, 1.82) is 0 Å². The van der Waals surface area contributed by atoms with E-state index in [4.69, 9.17) is 23.8 Å². The number of hydrogen-bond acceptors (Lipinski definition) is 5. The molecule has 0 saturated heterocycles. The van der Waals surface area contributed by atoms with Gasteiger partial charge in [-0.25, -0.2) is 15.0 Å². The summed E-state index contributed by atoms with van der Waals surface area (Å²) in [4.78, 5) is 15.4. The summed E-state index contributed by atoms with van der Waals surface area (Å²) in [7, 11) is 0. The van der Waals surface area contributed by atoms with Gasteiger partial charge >= 0.3 is 0 Å². The van der Waals surface area contributed by atoms with Crippen molar-refractivity contribution in [3.05, 3.63) is 120 Å². The van der Waals surface area contributed by atoms with E-state index in [2.05, 4.69) is 144 Å². The first kappa shape index (κ1) is 31.2. The molecule has 9 aromatic rings. The van der Waals surface area contributed by atoms with E-state index in [0.717, 1.165) is 60.9 Å². The monoisotopic (exact) mass is 668 g/mol. The van der Waals surface area contributed by atoms with Gasteiger partial charge in [-0.2, -0.15) is 0 Å². The molecule has 0 atom stereocenters. The molecule has 6 nitrogen and oxygen atoms in total. The lowest BCUT2D eigenvalue weighted by Crippen LogP contribution is -2.10. The van der Waals surface area contributed by atoms with E-state index in [1.54, 1.807) is 0 Å². The average molecular weight is 669 g/mol. The van der Waals surface area contributed by atoms with Gasteiger partial charge in [-0.1, -0.05) is 97.0 Å². The van der Waals surface area contributed by atoms with Gasteiger partial charge in [0.15, 0.2) is 11.2 Å². The van der Waals surface area contributed by atoms with E-state index in [1.165, 1.54) is 27.9 Å². The fourth-order valence-electron chi connectivity index (χ4n) is 7.38. The summed E-state index contributed by atoms with van der Waals surface area (Å²) in [6, 6.07) is 36.2. The third-order valence-electron chi connectivity index (χ3n) is 9.99. The standard InChI is InChI=1S/C45H40N4O2/c1-25(2)31-22-28(27-14-9-8-10-15-27)23-32(26(3)4)41(31)49-36-19-12-11-18-35(36)47-43(49)30-17-13-16-29-39-38(50-42(29)30)24-33-34(46-39)20-21-37-40(33)48-44(51-37)45(5,6)7/h8-26H,1-7H3. The molecule has 0 aliphatic carbocycles. The summed E-state index contributed by atoms with van der Waals surface area (Å²) in [5.41, 5.74) is 13.6. The van der Waals surface area contributed by atoms with Crippen molar-refractivity contribution >= 4 is 55.1 Å². The highest BCUT2D eigenvalue weighted by atomic mass is 16.3. The summed E-state index contributed by atoms with van der Waals surface area (Å²) >= 11 is 0. The fourth-order valence-corrected chi connectivity index (χ4v) is 7.38. The molecule has 0 N–H and O–H groups in total. The van der Waals surface area contributed by atoms with Crippen molar-refractivity contribution in [2.45, 2.75) is 65.7 Å². The molecular formula is C45H40N4O2. The highest BCUT2D eigenvalue weighted by molar-refractivity contribution is 6.13. The van der Waals surface area contributed by atoms with Crippen LogP contribution in [0.3, 0.4) is 0 Å². The Morgan fingerprint density at radius 2 is 1.29 bits per heavy atom. The number of hydrogen-bond donors (Lipinski definition) is 0. The van der Waals surface area contributed by atoms with Gasteiger partial charge in [0.05, 0.1) is 27.8 Å². The van der Waals surface area contributed by atoms with Crippen molar-refractivity contribution in [2.24, 2.45) is 0 Å². The van der Waals surface area contributed by atoms with Gasteiger partial charge in [-0.05, 0) is 88.7 Å². The number of para-hydroxylation sites is 3. The number of pyridine rings is 1. The number of oxazole rings is 1. The SMILES string of the molecule is CC(C)c1cc(-c2ccccc2)cc(C(C)C)c1-n1c(-c2cccc3c2oc2cc4c(ccc5oc(C(C)(C)C)nc54)nc23)nc2ccccc21. The van der Waals surface area contributed by atoms with Gasteiger partial charge < -0.3 is 8.83 Å². The van der Waals surface area contributed by atoms with Crippen LogP contribution in [0, 0.1) is 0 Å². The third kappa shape index (κ3) is 4.96. The Bertz CT molecular complexity index is 2760. The van der Waals surface area contributed by atoms with Crippen LogP contribution in [0.1, 0.15) is 77.3 Å². The minimum atomic E-state index is -0.213. The molecule has 6 heteroatoms. The molecule has 9 rings (SSSR count). The van der Waals surface area contributed by atoms with Crippen LogP contribution >= 0.6 is 0 Å². The first-order chi connectivity index (χ1) is 24.6. The topological polar surface area (TPSA) is 69.9 Å². The Morgan fingerprint density at radius 3 is 2.02 bits per heavy atom. The lowest BCUT2D eigenvalue weighted by Gasteiger charge is -2.24. The van der Waals surface area contributed by atoms with Gasteiger partial charge in [0.1, 0.15) is 22.4 Å². The van der Waals surface area contributed by atoms with E-state index in [9.17, 15) is 0 Å². The summed E-state index contributed by atoms with van der Waals surface area (Å²) in [5, 5.41) is 1.86. The fraction of sp³-hybridized carbons (Fsp3) is 0.222. The van der Waals surface area contributed by atoms with E-state index in [0.29, 0.717) is 11.5 Å². The Morgan fingerprint density at radius 1 is 0.588 bits per heavy atom. The van der Waals surface area contributed by atoms with Crippen LogP contribution in [-0.2, 0) is 5.41 Å². The van der Waals surface area contributed by atoms with Crippen molar-refractivity contribution in [1.82, 2.24) is 19.5 Å². The number of imidazole rings is 1. The summed E-state index contributed by atoms with van der Waals surface area (Å²) in [6.45, 7) is 15.4. The summed E-state index contributed by atoms with van der Waals surface area (Å²) in [5.74, 6) is 2.08. The van der Waals surface area contributed by atoms with E-state index in [1.807, 2.05) is 12.1 Å². The number of aromatic nitrogens is 4. The largest absolute Gasteiger partial charge is 0.454 e. The molecule has 0 aliphatic heterocycles. The maximum Gasteiger partial charge on any atom is 0.200 e. The first-order valence-corrected chi connectivity index (χ1v) is 17.8. The van der Waals surface area contributed by atoms with Crippen LogP contribution in [0.25, 0.3) is 83.3 Å². The number of fused-ring (bicyclic) bond motifs is 7. The predicted octanol–water partition coefficient (Wildman–Crippen LogP) is 12.5. The van der Waals surface area contributed by atoms with E-state index >= 15 is 0 Å². The third-order valence-corrected chi connectivity index (χ3v) is 9.99. The molecule has 0 fully saturated rings. The smallest absolute Gasteiger partial charge is 0.200 e. The number of nitrogens with zero attached hydrogens (tertiary/aromatic N) is 4. The Labute approximate surface area is 296 Å². The van der Waals surface area contributed by atoms with Crippen LogP contribution in [0.4, 0.5) is 0 Å². The van der Waals surface area contributed by atoms with Crippen LogP contribution in [0.5, 0.6) is 0 Å². The van der Waals surface area contributed by atoms with Gasteiger partial charge in [-0.3, -0.25) is 4.57 Å². The zero-order chi connectivity index (χ0) is 35.2. The second kappa shape index (κ2) is 11.4. The van der Waals surface area contributed by atoms with Crippen molar-refractivity contribution in [2.75, 3.05) is 0 Å². The van der Waals surface area contributed by atoms with Crippen molar-refractivity contribution in [3.63, 3.8) is 0 Å². The van der Waals surface area contributed by atoms with Gasteiger partial charge in [0, 0.05) is 16.2 Å². The van der Waals surface area contributed by atoms with Gasteiger partial charge in [0.2, 0.25) is 5.89 Å². The molecular weight excluding hydrogens is 629 g/mol. The van der Waals surface area contributed by atoms with E-state index < -0.39 is 0 Å². The maximum absolute atomic E-state index is 6.81. The molecule has 0 amide bonds. The maximum atomic E-state index is 6.81. The molecule has 0 saturated carbocycles. The number of benzene rings is 5. The molecule has 0 unspecified atom stereocenters. The molecule has 4 aromatic heterocycles. The molecule has 51 heavy (non-hydrogen) atoms. The molecule has 252 valence electrons. The summed E-state index contributed by atoms with van der Waals surface area (Å²) in [6.07, 6.45) is 0. The highest BCUT2D eigenvalue weighted by Crippen LogP contribution is 2.43. The van der Waals surface area contributed by atoms with Crippen molar-refractivity contribution < 1.29 is 8.83 Å².